The Balaban J connectivity index is 1.58. The van der Waals surface area contributed by atoms with Gasteiger partial charge in [0, 0.05) is 30.6 Å². The predicted octanol–water partition coefficient (Wildman–Crippen LogP) is 2.01. The molecule has 4 heterocycles. The van der Waals surface area contributed by atoms with Crippen LogP contribution in [0.2, 0.25) is 0 Å². The number of aromatic nitrogens is 4. The number of nitrogens with two attached hydrogens (primary N) is 1. The monoisotopic (exact) mass is 461 g/mol. The van der Waals surface area contributed by atoms with Crippen molar-refractivity contribution in [2.75, 3.05) is 16.0 Å². The van der Waals surface area contributed by atoms with Crippen LogP contribution in [0.1, 0.15) is 22.4 Å². The number of nitrogen functional groups attached to an aromatic ring is 1. The average Bonchev–Trinajstić information content (AvgIpc) is 3.43. The highest BCUT2D eigenvalue weighted by Crippen LogP contribution is 2.31. The molecule has 0 saturated heterocycles. The molecular formula is C20H18F3N7O3. The molecule has 2 amide bonds. The van der Waals surface area contributed by atoms with E-state index in [1.807, 2.05) is 0 Å². The number of amides is 2. The molecule has 3 aromatic rings. The Kier molecular flexibility index (Phi) is 5.72. The molecule has 0 saturated carbocycles. The van der Waals surface area contributed by atoms with Crippen LogP contribution in [0, 0.1) is 0 Å². The van der Waals surface area contributed by atoms with E-state index in [4.69, 9.17) is 10.5 Å². The number of carbonyl (C=O) groups excluding carboxylic acids is 2. The molecule has 0 atom stereocenters. The minimum atomic E-state index is -4.54. The van der Waals surface area contributed by atoms with Gasteiger partial charge in [0.05, 0.1) is 54.8 Å². The number of hydrogen-bond donors (Lipinski definition) is 2. The predicted molar refractivity (Wildman–Crippen MR) is 109 cm³/mol. The van der Waals surface area contributed by atoms with Gasteiger partial charge in [-0.3, -0.25) is 24.2 Å². The Morgan fingerprint density at radius 1 is 1.18 bits per heavy atom. The number of nitrogens with one attached hydrogen (secondary N) is 1. The van der Waals surface area contributed by atoms with Crippen molar-refractivity contribution in [3.8, 4) is 0 Å². The number of aryl methyl sites for hydroxylation is 1. The SMILES string of the molecule is Cn1cc(N(Cc2ccc(C(F)(F)F)cn2)C(=O)C(=O)Nc2cnc(N)c3c2COC3)cn1. The van der Waals surface area contributed by atoms with Gasteiger partial charge in [-0.25, -0.2) is 4.98 Å². The summed E-state index contributed by atoms with van der Waals surface area (Å²) in [6, 6.07) is 2.00. The average molecular weight is 461 g/mol. The zero-order valence-corrected chi connectivity index (χ0v) is 17.3. The Morgan fingerprint density at radius 3 is 2.58 bits per heavy atom. The van der Waals surface area contributed by atoms with Crippen molar-refractivity contribution in [1.82, 2.24) is 19.7 Å². The van der Waals surface area contributed by atoms with Gasteiger partial charge in [0.15, 0.2) is 0 Å². The normalized spacial score (nSPS) is 13.0. The van der Waals surface area contributed by atoms with Gasteiger partial charge >= 0.3 is 18.0 Å². The number of carbonyl (C=O) groups is 2. The summed E-state index contributed by atoms with van der Waals surface area (Å²) in [5, 5.41) is 6.51. The highest BCUT2D eigenvalue weighted by atomic mass is 19.4. The van der Waals surface area contributed by atoms with Crippen molar-refractivity contribution in [2.45, 2.75) is 25.9 Å². The van der Waals surface area contributed by atoms with Crippen molar-refractivity contribution >= 4 is 29.0 Å². The van der Waals surface area contributed by atoms with E-state index in [1.165, 1.54) is 23.3 Å². The van der Waals surface area contributed by atoms with Crippen molar-refractivity contribution in [3.63, 3.8) is 0 Å². The van der Waals surface area contributed by atoms with Gasteiger partial charge in [-0.1, -0.05) is 0 Å². The summed E-state index contributed by atoms with van der Waals surface area (Å²) >= 11 is 0. The van der Waals surface area contributed by atoms with Gasteiger partial charge in [-0.05, 0) is 12.1 Å². The zero-order chi connectivity index (χ0) is 23.8. The summed E-state index contributed by atoms with van der Waals surface area (Å²) in [6.45, 7) is 0.193. The fraction of sp³-hybridized carbons (Fsp3) is 0.250. The van der Waals surface area contributed by atoms with Crippen molar-refractivity contribution in [3.05, 3.63) is 59.3 Å². The summed E-state index contributed by atoms with van der Waals surface area (Å²) in [7, 11) is 1.62. The Morgan fingerprint density at radius 2 is 1.94 bits per heavy atom. The highest BCUT2D eigenvalue weighted by molar-refractivity contribution is 6.44. The quantitative estimate of drug-likeness (QED) is 0.569. The molecule has 0 spiro atoms. The molecule has 0 radical (unpaired) electrons. The molecule has 3 N–H and O–H groups in total. The highest BCUT2D eigenvalue weighted by Gasteiger charge is 2.31. The van der Waals surface area contributed by atoms with E-state index in [-0.39, 0.29) is 42.6 Å². The van der Waals surface area contributed by atoms with Crippen LogP contribution < -0.4 is 16.0 Å². The molecule has 0 aromatic carbocycles. The van der Waals surface area contributed by atoms with Crippen LogP contribution in [-0.2, 0) is 47.3 Å². The number of alkyl halides is 3. The van der Waals surface area contributed by atoms with Crippen LogP contribution >= 0.6 is 0 Å². The molecule has 1 aliphatic rings. The molecule has 0 unspecified atom stereocenters. The molecule has 4 rings (SSSR count). The van der Waals surface area contributed by atoms with E-state index in [0.717, 1.165) is 17.0 Å². The number of ether oxygens (including phenoxy) is 1. The fourth-order valence-electron chi connectivity index (χ4n) is 3.27. The number of rotatable bonds is 4. The summed E-state index contributed by atoms with van der Waals surface area (Å²) in [5.41, 5.74) is 6.86. The van der Waals surface area contributed by atoms with Crippen LogP contribution in [-0.4, -0.2) is 31.6 Å². The maximum Gasteiger partial charge on any atom is 0.417 e. The minimum absolute atomic E-state index is 0.149. The third-order valence-electron chi connectivity index (χ3n) is 4.99. The molecule has 0 bridgehead atoms. The number of fused-ring (bicyclic) bond motifs is 1. The molecule has 0 fully saturated rings. The van der Waals surface area contributed by atoms with Crippen molar-refractivity contribution in [1.29, 1.82) is 0 Å². The Bertz CT molecular complexity index is 1210. The number of anilines is 3. The molecule has 10 nitrogen and oxygen atoms in total. The smallest absolute Gasteiger partial charge is 0.383 e. The summed E-state index contributed by atoms with van der Waals surface area (Å²) < 4.78 is 45.2. The van der Waals surface area contributed by atoms with Gasteiger partial charge in [0.25, 0.3) is 0 Å². The maximum atomic E-state index is 13.0. The topological polar surface area (TPSA) is 128 Å². The number of halogens is 3. The van der Waals surface area contributed by atoms with Crippen LogP contribution in [0.4, 0.5) is 30.4 Å². The lowest BCUT2D eigenvalue weighted by Gasteiger charge is -2.20. The molecular weight excluding hydrogens is 443 g/mol. The number of nitrogens with zero attached hydrogens (tertiary/aromatic N) is 5. The zero-order valence-electron chi connectivity index (χ0n) is 17.3. The van der Waals surface area contributed by atoms with Crippen molar-refractivity contribution < 1.29 is 27.5 Å². The van der Waals surface area contributed by atoms with E-state index < -0.39 is 23.6 Å². The van der Waals surface area contributed by atoms with Crippen LogP contribution in [0.5, 0.6) is 0 Å². The molecule has 0 aliphatic carbocycles. The third kappa shape index (κ3) is 4.62. The number of hydrogen-bond acceptors (Lipinski definition) is 7. The first-order valence-electron chi connectivity index (χ1n) is 9.61. The first kappa shape index (κ1) is 22.2. The van der Waals surface area contributed by atoms with Crippen LogP contribution in [0.15, 0.2) is 36.9 Å². The Hall–Kier alpha value is -4.00. The van der Waals surface area contributed by atoms with Crippen molar-refractivity contribution in [2.24, 2.45) is 7.05 Å². The summed E-state index contributed by atoms with van der Waals surface area (Å²) in [6.07, 6.45) is 0.309. The first-order chi connectivity index (χ1) is 15.6. The molecule has 33 heavy (non-hydrogen) atoms. The maximum absolute atomic E-state index is 13.0. The molecule has 1 aliphatic heterocycles. The lowest BCUT2D eigenvalue weighted by Crippen LogP contribution is -2.39. The second-order valence-electron chi connectivity index (χ2n) is 7.26. The van der Waals surface area contributed by atoms with Crippen LogP contribution in [0.25, 0.3) is 0 Å². The first-order valence-corrected chi connectivity index (χ1v) is 9.61. The second kappa shape index (κ2) is 8.50. The largest absolute Gasteiger partial charge is 0.417 e. The molecule has 13 heteroatoms. The van der Waals surface area contributed by atoms with Gasteiger partial charge in [-0.2, -0.15) is 18.3 Å². The standard InChI is InChI=1S/C20H18F3N7O3/c1-29-8-13(5-27-29)30(7-12-3-2-11(4-25-12)20(21,22)23)19(32)18(31)28-16-6-26-17(24)15-10-33-9-14(15)16/h2-6,8H,7,9-10H2,1H3,(H2,24,26)(H,28,31). The minimum Gasteiger partial charge on any atom is -0.383 e. The van der Waals surface area contributed by atoms with E-state index in [0.29, 0.717) is 17.3 Å². The van der Waals surface area contributed by atoms with Gasteiger partial charge in [-0.15, -0.1) is 0 Å². The van der Waals surface area contributed by atoms with Gasteiger partial charge in [0.1, 0.15) is 5.82 Å². The molecule has 172 valence electrons. The van der Waals surface area contributed by atoms with E-state index >= 15 is 0 Å². The lowest BCUT2D eigenvalue weighted by molar-refractivity contribution is -0.137. The van der Waals surface area contributed by atoms with Crippen LogP contribution in [0.3, 0.4) is 0 Å². The van der Waals surface area contributed by atoms with E-state index in [2.05, 4.69) is 20.4 Å². The summed E-state index contributed by atoms with van der Waals surface area (Å²) in [4.78, 5) is 34.7. The van der Waals surface area contributed by atoms with Gasteiger partial charge in [0.2, 0.25) is 0 Å². The second-order valence-corrected chi connectivity index (χ2v) is 7.26. The Labute approximate surface area is 185 Å². The van der Waals surface area contributed by atoms with E-state index in [9.17, 15) is 22.8 Å². The fourth-order valence-corrected chi connectivity index (χ4v) is 3.27. The van der Waals surface area contributed by atoms with Gasteiger partial charge < -0.3 is 15.8 Å². The number of pyridine rings is 2. The third-order valence-corrected chi connectivity index (χ3v) is 4.99. The lowest BCUT2D eigenvalue weighted by atomic mass is 10.1. The summed E-state index contributed by atoms with van der Waals surface area (Å²) in [5.74, 6) is -1.67. The molecule has 3 aromatic heterocycles. The van der Waals surface area contributed by atoms with E-state index in [1.54, 1.807) is 7.05 Å².